The Labute approximate surface area is 133 Å². The average Bonchev–Trinajstić information content (AvgIpc) is 2.33. The second kappa shape index (κ2) is 7.19. The van der Waals surface area contributed by atoms with Crippen LogP contribution in [-0.2, 0) is 16.0 Å². The molecule has 0 aliphatic heterocycles. The van der Waals surface area contributed by atoms with E-state index in [0.717, 1.165) is 6.07 Å². The van der Waals surface area contributed by atoms with Crippen molar-refractivity contribution in [1.29, 1.82) is 0 Å². The Morgan fingerprint density at radius 1 is 1.09 bits per heavy atom. The molecule has 0 atom stereocenters. The van der Waals surface area contributed by atoms with E-state index in [2.05, 4.69) is 4.74 Å². The van der Waals surface area contributed by atoms with E-state index in [0.29, 0.717) is 5.46 Å². The first-order chi connectivity index (χ1) is 10.3. The van der Waals surface area contributed by atoms with E-state index >= 15 is 0 Å². The molecule has 8 heteroatoms. The van der Waals surface area contributed by atoms with Crippen LogP contribution in [0.2, 0.25) is 0 Å². The quantitative estimate of drug-likeness (QED) is 0.614. The van der Waals surface area contributed by atoms with Gasteiger partial charge in [-0.2, -0.15) is 13.2 Å². The molecule has 0 saturated carbocycles. The maximum absolute atomic E-state index is 13.6. The summed E-state index contributed by atoms with van der Waals surface area (Å²) in [6.45, 7) is 4.84. The highest BCUT2D eigenvalue weighted by molar-refractivity contribution is 6.47. The molecule has 0 radical (unpaired) electrons. The third-order valence-electron chi connectivity index (χ3n) is 3.62. The Morgan fingerprint density at radius 3 is 2.22 bits per heavy atom. The number of hydrogen-bond acceptors (Lipinski definition) is 3. The Morgan fingerprint density at radius 2 is 1.70 bits per heavy atom. The molecule has 0 bridgehead atoms. The van der Waals surface area contributed by atoms with E-state index in [4.69, 9.17) is 4.65 Å². The van der Waals surface area contributed by atoms with Crippen LogP contribution in [0.25, 0.3) is 0 Å². The molecule has 1 N–H and O–H groups in total. The summed E-state index contributed by atoms with van der Waals surface area (Å²) in [6.07, 6.45) is -4.42. The lowest BCUT2D eigenvalue weighted by Crippen LogP contribution is -2.49. The summed E-state index contributed by atoms with van der Waals surface area (Å²) in [5.41, 5.74) is -1.26. The lowest BCUT2D eigenvalue weighted by molar-refractivity contribution is -0.176. The Balaban J connectivity index is 2.70. The zero-order valence-electron chi connectivity index (χ0n) is 13.6. The van der Waals surface area contributed by atoms with Crippen LogP contribution >= 0.6 is 0 Å². The highest BCUT2D eigenvalue weighted by Crippen LogP contribution is 2.24. The number of aliphatic hydroxyl groups is 1. The highest BCUT2D eigenvalue weighted by Gasteiger charge is 2.35. The summed E-state index contributed by atoms with van der Waals surface area (Å²) in [5.74, 6) is -0.585. The number of hydrogen-bond donors (Lipinski definition) is 1. The van der Waals surface area contributed by atoms with Gasteiger partial charge >= 0.3 is 13.7 Å². The van der Waals surface area contributed by atoms with Crippen molar-refractivity contribution < 1.29 is 32.1 Å². The summed E-state index contributed by atoms with van der Waals surface area (Å²) >= 11 is 0. The Kier molecular flexibility index (Phi) is 6.23. The van der Waals surface area contributed by atoms with Gasteiger partial charge in [-0.3, -0.25) is 0 Å². The van der Waals surface area contributed by atoms with Gasteiger partial charge in [-0.1, -0.05) is 6.07 Å². The number of rotatable bonds is 7. The molecule has 0 aromatic heterocycles. The first-order valence-corrected chi connectivity index (χ1v) is 7.09. The SMILES string of the molecule is CC(C)(O)C(C)(C)OBc1cc(F)cc(COCC(F)(F)F)c1. The maximum atomic E-state index is 13.6. The summed E-state index contributed by atoms with van der Waals surface area (Å²) < 4.78 is 59.8. The van der Waals surface area contributed by atoms with Gasteiger partial charge in [0, 0.05) is 0 Å². The topological polar surface area (TPSA) is 38.7 Å². The zero-order chi connectivity index (χ0) is 17.9. The molecule has 0 aliphatic rings. The Bertz CT molecular complexity index is 524. The van der Waals surface area contributed by atoms with Crippen LogP contribution < -0.4 is 5.46 Å². The minimum atomic E-state index is -4.42. The summed E-state index contributed by atoms with van der Waals surface area (Å²) in [7, 11) is 0.0149. The van der Waals surface area contributed by atoms with E-state index < -0.39 is 29.8 Å². The number of ether oxygens (including phenoxy) is 1. The summed E-state index contributed by atoms with van der Waals surface area (Å²) in [4.78, 5) is 0. The van der Waals surface area contributed by atoms with E-state index in [-0.39, 0.29) is 19.7 Å². The third kappa shape index (κ3) is 6.89. The van der Waals surface area contributed by atoms with Crippen LogP contribution in [0.5, 0.6) is 0 Å². The fraction of sp³-hybridized carbons (Fsp3) is 0.600. The van der Waals surface area contributed by atoms with Crippen molar-refractivity contribution in [3.8, 4) is 0 Å². The van der Waals surface area contributed by atoms with Gasteiger partial charge in [-0.05, 0) is 50.9 Å². The Hall–Kier alpha value is -1.12. The van der Waals surface area contributed by atoms with Crippen molar-refractivity contribution in [3.05, 3.63) is 29.6 Å². The standard InChI is InChI=1S/C15H21BF4O3/c1-13(2,21)14(3,4)23-16-11-5-10(6-12(17)7-11)8-22-9-15(18,19)20/h5-7,16,21H,8-9H2,1-4H3. The van der Waals surface area contributed by atoms with E-state index in [1.54, 1.807) is 27.7 Å². The van der Waals surface area contributed by atoms with Crippen molar-refractivity contribution in [2.45, 2.75) is 51.7 Å². The van der Waals surface area contributed by atoms with Crippen molar-refractivity contribution in [1.82, 2.24) is 0 Å². The molecule has 0 heterocycles. The molecule has 1 aromatic carbocycles. The molecular formula is C15H21BF4O3. The lowest BCUT2D eigenvalue weighted by Gasteiger charge is -2.37. The van der Waals surface area contributed by atoms with Crippen LogP contribution in [0.1, 0.15) is 33.3 Å². The zero-order valence-corrected chi connectivity index (χ0v) is 13.6. The first-order valence-electron chi connectivity index (χ1n) is 7.09. The molecule has 1 rings (SSSR count). The second-order valence-electron chi connectivity index (χ2n) is 6.43. The molecule has 130 valence electrons. The van der Waals surface area contributed by atoms with Crippen LogP contribution in [0.4, 0.5) is 17.6 Å². The fourth-order valence-electron chi connectivity index (χ4n) is 1.61. The maximum Gasteiger partial charge on any atom is 0.411 e. The summed E-state index contributed by atoms with van der Waals surface area (Å²) in [5, 5.41) is 10.00. The minimum Gasteiger partial charge on any atom is -0.427 e. The summed E-state index contributed by atoms with van der Waals surface area (Å²) in [6, 6.07) is 3.86. The monoisotopic (exact) mass is 336 g/mol. The van der Waals surface area contributed by atoms with Crippen molar-refractivity contribution in [2.75, 3.05) is 6.61 Å². The average molecular weight is 336 g/mol. The van der Waals surface area contributed by atoms with Crippen LogP contribution in [0, 0.1) is 5.82 Å². The molecule has 3 nitrogen and oxygen atoms in total. The van der Waals surface area contributed by atoms with Gasteiger partial charge in [-0.25, -0.2) is 4.39 Å². The van der Waals surface area contributed by atoms with Gasteiger partial charge in [0.25, 0.3) is 0 Å². The number of halogens is 4. The molecule has 23 heavy (non-hydrogen) atoms. The lowest BCUT2D eigenvalue weighted by atomic mass is 9.82. The molecule has 0 fully saturated rings. The normalized spacial score (nSPS) is 13.3. The van der Waals surface area contributed by atoms with E-state index in [1.807, 2.05) is 0 Å². The third-order valence-corrected chi connectivity index (χ3v) is 3.62. The number of benzene rings is 1. The number of alkyl halides is 3. The minimum absolute atomic E-state index is 0.0149. The van der Waals surface area contributed by atoms with E-state index in [9.17, 15) is 22.7 Å². The molecule has 0 spiro atoms. The van der Waals surface area contributed by atoms with Gasteiger partial charge < -0.3 is 14.5 Å². The molecule has 1 aromatic rings. The van der Waals surface area contributed by atoms with Crippen LogP contribution in [0.3, 0.4) is 0 Å². The molecule has 0 amide bonds. The van der Waals surface area contributed by atoms with Crippen LogP contribution in [0.15, 0.2) is 18.2 Å². The predicted molar refractivity (Wildman–Crippen MR) is 80.4 cm³/mol. The highest BCUT2D eigenvalue weighted by atomic mass is 19.4. The predicted octanol–water partition coefficient (Wildman–Crippen LogP) is 2.45. The van der Waals surface area contributed by atoms with Gasteiger partial charge in [0.05, 0.1) is 17.8 Å². The van der Waals surface area contributed by atoms with Gasteiger partial charge in [-0.15, -0.1) is 0 Å². The fourth-order valence-corrected chi connectivity index (χ4v) is 1.61. The van der Waals surface area contributed by atoms with Gasteiger partial charge in [0.1, 0.15) is 12.4 Å². The molecule has 0 aliphatic carbocycles. The second-order valence-corrected chi connectivity index (χ2v) is 6.43. The van der Waals surface area contributed by atoms with Crippen molar-refractivity contribution >= 4 is 12.9 Å². The smallest absolute Gasteiger partial charge is 0.411 e. The van der Waals surface area contributed by atoms with Gasteiger partial charge in [0.15, 0.2) is 0 Å². The van der Waals surface area contributed by atoms with Gasteiger partial charge in [0.2, 0.25) is 0 Å². The van der Waals surface area contributed by atoms with Crippen LogP contribution in [-0.4, -0.2) is 36.6 Å². The van der Waals surface area contributed by atoms with E-state index in [1.165, 1.54) is 12.1 Å². The first kappa shape index (κ1) is 19.9. The molecular weight excluding hydrogens is 315 g/mol. The largest absolute Gasteiger partial charge is 0.427 e. The van der Waals surface area contributed by atoms with Crippen molar-refractivity contribution in [2.24, 2.45) is 0 Å². The van der Waals surface area contributed by atoms with Crippen molar-refractivity contribution in [3.63, 3.8) is 0 Å². The molecule has 0 unspecified atom stereocenters. The molecule has 0 saturated heterocycles.